The lowest BCUT2D eigenvalue weighted by Crippen LogP contribution is -2.17. The number of aryl methyl sites for hydroxylation is 3. The fraction of sp³-hybridized carbons (Fsp3) is 0.172. The standard InChI is InChI=1S/C29H29N3OS/c1-20-10-15-27(16-21(20)2)32-22(3)17-26(23(32)4)18-30-31-29(33)25-13-11-24(12-14-25)19-34-28-8-6-5-7-9-28/h5-18H,19H2,1-4H3,(H,31,33)/b30-18-. The molecule has 1 N–H and O–H groups in total. The lowest BCUT2D eigenvalue weighted by Gasteiger charge is -2.11. The number of hydrogen-bond acceptors (Lipinski definition) is 3. The largest absolute Gasteiger partial charge is 0.318 e. The van der Waals surface area contributed by atoms with Crippen molar-refractivity contribution in [2.45, 2.75) is 38.3 Å². The van der Waals surface area contributed by atoms with Gasteiger partial charge in [0.15, 0.2) is 0 Å². The predicted octanol–water partition coefficient (Wildman–Crippen LogP) is 6.77. The van der Waals surface area contributed by atoms with Gasteiger partial charge in [0, 0.05) is 38.9 Å². The molecular weight excluding hydrogens is 438 g/mol. The Morgan fingerprint density at radius 2 is 1.65 bits per heavy atom. The van der Waals surface area contributed by atoms with Crippen molar-refractivity contribution < 1.29 is 4.79 Å². The number of amides is 1. The zero-order chi connectivity index (χ0) is 24.1. The second-order valence-electron chi connectivity index (χ2n) is 8.43. The summed E-state index contributed by atoms with van der Waals surface area (Å²) in [4.78, 5) is 13.8. The van der Waals surface area contributed by atoms with Crippen LogP contribution in [0.1, 0.15) is 44.0 Å². The number of nitrogens with one attached hydrogen (secondary N) is 1. The third-order valence-corrected chi connectivity index (χ3v) is 7.04. The lowest BCUT2D eigenvalue weighted by atomic mass is 10.1. The van der Waals surface area contributed by atoms with E-state index in [1.54, 1.807) is 18.0 Å². The van der Waals surface area contributed by atoms with Crippen LogP contribution in [0.5, 0.6) is 0 Å². The fourth-order valence-electron chi connectivity index (χ4n) is 3.84. The highest BCUT2D eigenvalue weighted by Gasteiger charge is 2.10. The van der Waals surface area contributed by atoms with Gasteiger partial charge in [-0.15, -0.1) is 11.8 Å². The molecule has 4 aromatic rings. The van der Waals surface area contributed by atoms with E-state index in [4.69, 9.17) is 0 Å². The molecule has 34 heavy (non-hydrogen) atoms. The molecule has 0 unspecified atom stereocenters. The zero-order valence-electron chi connectivity index (χ0n) is 20.0. The summed E-state index contributed by atoms with van der Waals surface area (Å²) in [6.07, 6.45) is 1.71. The normalized spacial score (nSPS) is 11.2. The van der Waals surface area contributed by atoms with E-state index in [9.17, 15) is 4.79 Å². The maximum Gasteiger partial charge on any atom is 0.271 e. The van der Waals surface area contributed by atoms with E-state index in [1.165, 1.54) is 21.6 Å². The van der Waals surface area contributed by atoms with E-state index in [-0.39, 0.29) is 5.91 Å². The maximum atomic E-state index is 12.5. The zero-order valence-corrected chi connectivity index (χ0v) is 20.8. The molecular formula is C29H29N3OS. The molecule has 0 aliphatic rings. The van der Waals surface area contributed by atoms with Gasteiger partial charge in [0.05, 0.1) is 6.21 Å². The van der Waals surface area contributed by atoms with Gasteiger partial charge in [0.2, 0.25) is 0 Å². The van der Waals surface area contributed by atoms with Crippen molar-refractivity contribution in [3.8, 4) is 5.69 Å². The van der Waals surface area contributed by atoms with Gasteiger partial charge < -0.3 is 4.57 Å². The molecule has 172 valence electrons. The van der Waals surface area contributed by atoms with Crippen LogP contribution in [0.2, 0.25) is 0 Å². The Hall–Kier alpha value is -3.57. The first-order valence-electron chi connectivity index (χ1n) is 11.3. The summed E-state index contributed by atoms with van der Waals surface area (Å²) in [6, 6.07) is 26.5. The molecule has 1 amide bonds. The summed E-state index contributed by atoms with van der Waals surface area (Å²) < 4.78 is 2.21. The van der Waals surface area contributed by atoms with Gasteiger partial charge in [-0.25, -0.2) is 5.43 Å². The van der Waals surface area contributed by atoms with Crippen LogP contribution in [0.15, 0.2) is 88.9 Å². The molecule has 0 fully saturated rings. The van der Waals surface area contributed by atoms with E-state index < -0.39 is 0 Å². The monoisotopic (exact) mass is 467 g/mol. The minimum Gasteiger partial charge on any atom is -0.318 e. The van der Waals surface area contributed by atoms with Crippen LogP contribution in [-0.2, 0) is 5.75 Å². The molecule has 1 heterocycles. The highest BCUT2D eigenvalue weighted by atomic mass is 32.2. The summed E-state index contributed by atoms with van der Waals surface area (Å²) in [5.74, 6) is 0.640. The molecule has 4 rings (SSSR count). The van der Waals surface area contributed by atoms with Gasteiger partial charge in [-0.3, -0.25) is 4.79 Å². The van der Waals surface area contributed by atoms with Gasteiger partial charge in [0.1, 0.15) is 0 Å². The number of hydrazone groups is 1. The van der Waals surface area contributed by atoms with Gasteiger partial charge in [-0.2, -0.15) is 5.10 Å². The quantitative estimate of drug-likeness (QED) is 0.185. The van der Waals surface area contributed by atoms with Crippen LogP contribution in [0.25, 0.3) is 5.69 Å². The maximum absolute atomic E-state index is 12.5. The molecule has 0 saturated heterocycles. The predicted molar refractivity (Wildman–Crippen MR) is 142 cm³/mol. The van der Waals surface area contributed by atoms with E-state index in [0.29, 0.717) is 5.56 Å². The van der Waals surface area contributed by atoms with Crippen LogP contribution >= 0.6 is 11.8 Å². The summed E-state index contributed by atoms with van der Waals surface area (Å²) >= 11 is 1.78. The molecule has 1 aromatic heterocycles. The summed E-state index contributed by atoms with van der Waals surface area (Å²) in [7, 11) is 0. The molecule has 3 aromatic carbocycles. The van der Waals surface area contributed by atoms with Crippen molar-refractivity contribution in [2.24, 2.45) is 5.10 Å². The Kier molecular flexibility index (Phi) is 7.33. The number of nitrogens with zero attached hydrogens (tertiary/aromatic N) is 2. The number of rotatable bonds is 7. The first-order valence-corrected chi connectivity index (χ1v) is 12.3. The number of carbonyl (C=O) groups excluding carboxylic acids is 1. The average Bonchev–Trinajstić information content (AvgIpc) is 3.13. The molecule has 4 nitrogen and oxygen atoms in total. The molecule has 0 bridgehead atoms. The first-order chi connectivity index (χ1) is 16.4. The van der Waals surface area contributed by atoms with Crippen LogP contribution < -0.4 is 5.43 Å². The van der Waals surface area contributed by atoms with E-state index in [1.807, 2.05) is 42.5 Å². The van der Waals surface area contributed by atoms with E-state index in [2.05, 4.69) is 79.2 Å². The number of hydrogen-bond donors (Lipinski definition) is 1. The summed E-state index contributed by atoms with van der Waals surface area (Å²) in [5, 5.41) is 4.21. The minimum atomic E-state index is -0.221. The topological polar surface area (TPSA) is 46.4 Å². The molecule has 0 aliphatic carbocycles. The highest BCUT2D eigenvalue weighted by Crippen LogP contribution is 2.23. The van der Waals surface area contributed by atoms with Crippen molar-refractivity contribution in [1.29, 1.82) is 0 Å². The van der Waals surface area contributed by atoms with Gasteiger partial charge >= 0.3 is 0 Å². The number of thioether (sulfide) groups is 1. The van der Waals surface area contributed by atoms with Crippen molar-refractivity contribution >= 4 is 23.9 Å². The Morgan fingerprint density at radius 1 is 0.912 bits per heavy atom. The highest BCUT2D eigenvalue weighted by molar-refractivity contribution is 7.98. The molecule has 0 saturated carbocycles. The van der Waals surface area contributed by atoms with Crippen LogP contribution in [0.4, 0.5) is 0 Å². The van der Waals surface area contributed by atoms with Gasteiger partial charge in [-0.1, -0.05) is 36.4 Å². The Morgan fingerprint density at radius 3 is 2.35 bits per heavy atom. The minimum absolute atomic E-state index is 0.221. The first kappa shape index (κ1) is 23.6. The third kappa shape index (κ3) is 5.49. The molecule has 0 radical (unpaired) electrons. The van der Waals surface area contributed by atoms with Crippen molar-refractivity contribution in [2.75, 3.05) is 0 Å². The van der Waals surface area contributed by atoms with Crippen molar-refractivity contribution in [1.82, 2.24) is 9.99 Å². The number of benzene rings is 3. The number of aromatic nitrogens is 1. The Bertz CT molecular complexity index is 1320. The molecule has 5 heteroatoms. The fourth-order valence-corrected chi connectivity index (χ4v) is 4.72. The molecule has 0 aliphatic heterocycles. The molecule has 0 spiro atoms. The van der Waals surface area contributed by atoms with Crippen LogP contribution in [0, 0.1) is 27.7 Å². The summed E-state index contributed by atoms with van der Waals surface area (Å²) in [6.45, 7) is 8.39. The lowest BCUT2D eigenvalue weighted by molar-refractivity contribution is 0.0955. The summed E-state index contributed by atoms with van der Waals surface area (Å²) in [5.41, 5.74) is 11.3. The average molecular weight is 468 g/mol. The van der Waals surface area contributed by atoms with Crippen LogP contribution in [-0.4, -0.2) is 16.7 Å². The Labute approximate surface area is 205 Å². The van der Waals surface area contributed by atoms with E-state index in [0.717, 1.165) is 28.4 Å². The van der Waals surface area contributed by atoms with E-state index >= 15 is 0 Å². The van der Waals surface area contributed by atoms with Gasteiger partial charge in [0.25, 0.3) is 5.91 Å². The second-order valence-corrected chi connectivity index (χ2v) is 9.48. The SMILES string of the molecule is Cc1ccc(-n2c(C)cc(/C=N\NC(=O)c3ccc(CSc4ccccc4)cc3)c2C)cc1C. The Balaban J connectivity index is 1.38. The number of carbonyl (C=O) groups is 1. The third-order valence-electron chi connectivity index (χ3n) is 5.95. The second kappa shape index (κ2) is 10.6. The van der Waals surface area contributed by atoms with Crippen molar-refractivity contribution in [3.63, 3.8) is 0 Å². The smallest absolute Gasteiger partial charge is 0.271 e. The van der Waals surface area contributed by atoms with Crippen molar-refractivity contribution in [3.05, 3.63) is 118 Å². The van der Waals surface area contributed by atoms with Crippen LogP contribution in [0.3, 0.4) is 0 Å². The van der Waals surface area contributed by atoms with Gasteiger partial charge in [-0.05, 0) is 86.8 Å². The molecule has 0 atom stereocenters.